The van der Waals surface area contributed by atoms with Crippen LogP contribution in [0.4, 0.5) is 0 Å². The van der Waals surface area contributed by atoms with E-state index in [1.54, 1.807) is 24.3 Å². The summed E-state index contributed by atoms with van der Waals surface area (Å²) < 4.78 is 5.29. The molecule has 0 aliphatic carbocycles. The zero-order valence-corrected chi connectivity index (χ0v) is 13.0. The molecule has 0 heterocycles. The molecule has 6 heteroatoms. The molecular weight excluding hydrogens is 286 g/mol. The molecule has 0 saturated carbocycles. The predicted octanol–water partition coefficient (Wildman–Crippen LogP) is 1.98. The lowest BCUT2D eigenvalue weighted by molar-refractivity contribution is -0.148. The Labute approximate surface area is 129 Å². The SMILES string of the molecule is CCOc1ccc(C(=O)CCC(=O)N(C)C(C)C(=O)O)cc1. The highest BCUT2D eigenvalue weighted by molar-refractivity contribution is 5.98. The van der Waals surface area contributed by atoms with E-state index in [0.29, 0.717) is 17.9 Å². The van der Waals surface area contributed by atoms with Crippen molar-refractivity contribution in [3.8, 4) is 5.75 Å². The lowest BCUT2D eigenvalue weighted by atomic mass is 10.1. The van der Waals surface area contributed by atoms with E-state index in [0.717, 1.165) is 4.90 Å². The molecule has 1 rings (SSSR count). The van der Waals surface area contributed by atoms with E-state index < -0.39 is 12.0 Å². The van der Waals surface area contributed by atoms with E-state index in [9.17, 15) is 14.4 Å². The fraction of sp³-hybridized carbons (Fsp3) is 0.438. The van der Waals surface area contributed by atoms with Crippen LogP contribution in [0, 0.1) is 0 Å². The number of ether oxygens (including phenoxy) is 1. The first-order valence-electron chi connectivity index (χ1n) is 7.11. The van der Waals surface area contributed by atoms with Crippen LogP contribution in [0.15, 0.2) is 24.3 Å². The van der Waals surface area contributed by atoms with E-state index in [1.165, 1.54) is 14.0 Å². The van der Waals surface area contributed by atoms with Gasteiger partial charge in [0.2, 0.25) is 5.91 Å². The van der Waals surface area contributed by atoms with Gasteiger partial charge in [-0.15, -0.1) is 0 Å². The standard InChI is InChI=1S/C16H21NO5/c1-4-22-13-7-5-12(6-8-13)14(18)9-10-15(19)17(3)11(2)16(20)21/h5-8,11H,4,9-10H2,1-3H3,(H,20,21). The quantitative estimate of drug-likeness (QED) is 0.742. The number of aliphatic carboxylic acids is 1. The zero-order chi connectivity index (χ0) is 16.7. The first-order valence-corrected chi connectivity index (χ1v) is 7.11. The Bertz CT molecular complexity index is 538. The van der Waals surface area contributed by atoms with Crippen molar-refractivity contribution in [3.63, 3.8) is 0 Å². The van der Waals surface area contributed by atoms with Crippen LogP contribution in [0.1, 0.15) is 37.0 Å². The molecule has 0 aliphatic rings. The van der Waals surface area contributed by atoms with Gasteiger partial charge < -0.3 is 14.7 Å². The maximum atomic E-state index is 12.0. The van der Waals surface area contributed by atoms with Gasteiger partial charge in [-0.3, -0.25) is 9.59 Å². The van der Waals surface area contributed by atoms with Gasteiger partial charge in [-0.25, -0.2) is 4.79 Å². The summed E-state index contributed by atoms with van der Waals surface area (Å²) in [7, 11) is 1.42. The third-order valence-corrected chi connectivity index (χ3v) is 3.38. The first-order chi connectivity index (χ1) is 10.4. The van der Waals surface area contributed by atoms with E-state index in [1.807, 2.05) is 6.92 Å². The second kappa shape index (κ2) is 8.17. The summed E-state index contributed by atoms with van der Waals surface area (Å²) in [6.07, 6.45) is 0.0314. The van der Waals surface area contributed by atoms with Crippen molar-refractivity contribution in [1.29, 1.82) is 0 Å². The van der Waals surface area contributed by atoms with E-state index in [2.05, 4.69) is 0 Å². The number of Topliss-reactive ketones (excluding diaryl/α,β-unsaturated/α-hetero) is 1. The summed E-state index contributed by atoms with van der Waals surface area (Å²) in [6.45, 7) is 3.85. The second-order valence-corrected chi connectivity index (χ2v) is 4.90. The number of rotatable bonds is 8. The summed E-state index contributed by atoms with van der Waals surface area (Å²) >= 11 is 0. The number of amides is 1. The summed E-state index contributed by atoms with van der Waals surface area (Å²) in [5, 5.41) is 8.85. The smallest absolute Gasteiger partial charge is 0.326 e. The molecule has 1 unspecified atom stereocenters. The Morgan fingerprint density at radius 1 is 1.18 bits per heavy atom. The summed E-state index contributed by atoms with van der Waals surface area (Å²) in [5.41, 5.74) is 0.505. The number of carboxylic acid groups (broad SMARTS) is 1. The Morgan fingerprint density at radius 2 is 1.77 bits per heavy atom. The minimum atomic E-state index is -1.08. The van der Waals surface area contributed by atoms with Gasteiger partial charge >= 0.3 is 5.97 Å². The van der Waals surface area contributed by atoms with Gasteiger partial charge in [0.1, 0.15) is 11.8 Å². The molecule has 0 fully saturated rings. The first kappa shape index (κ1) is 17.7. The molecule has 0 spiro atoms. The number of nitrogens with zero attached hydrogens (tertiary/aromatic N) is 1. The van der Waals surface area contributed by atoms with Crippen LogP contribution in [0.5, 0.6) is 5.75 Å². The molecule has 1 N–H and O–H groups in total. The highest BCUT2D eigenvalue weighted by Crippen LogP contribution is 2.14. The molecule has 0 bridgehead atoms. The van der Waals surface area contributed by atoms with Crippen molar-refractivity contribution in [2.24, 2.45) is 0 Å². The van der Waals surface area contributed by atoms with Crippen molar-refractivity contribution in [2.45, 2.75) is 32.7 Å². The van der Waals surface area contributed by atoms with Crippen molar-refractivity contribution in [1.82, 2.24) is 4.90 Å². The van der Waals surface area contributed by atoms with Crippen LogP contribution < -0.4 is 4.74 Å². The molecule has 0 saturated heterocycles. The van der Waals surface area contributed by atoms with Crippen molar-refractivity contribution in [3.05, 3.63) is 29.8 Å². The van der Waals surface area contributed by atoms with Gasteiger partial charge in [0, 0.05) is 25.5 Å². The normalized spacial score (nSPS) is 11.6. The van der Waals surface area contributed by atoms with Crippen LogP contribution in [-0.4, -0.2) is 47.4 Å². The number of benzene rings is 1. The molecule has 1 atom stereocenters. The predicted molar refractivity (Wildman–Crippen MR) is 81.0 cm³/mol. The van der Waals surface area contributed by atoms with Gasteiger partial charge in [-0.2, -0.15) is 0 Å². The molecular formula is C16H21NO5. The van der Waals surface area contributed by atoms with Crippen molar-refractivity contribution >= 4 is 17.7 Å². The topological polar surface area (TPSA) is 83.9 Å². The van der Waals surface area contributed by atoms with Crippen LogP contribution in [0.2, 0.25) is 0 Å². The van der Waals surface area contributed by atoms with Gasteiger partial charge in [0.05, 0.1) is 6.61 Å². The number of carboxylic acids is 1. The largest absolute Gasteiger partial charge is 0.494 e. The number of carbonyl (C=O) groups excluding carboxylic acids is 2. The van der Waals surface area contributed by atoms with Crippen LogP contribution in [-0.2, 0) is 9.59 Å². The lowest BCUT2D eigenvalue weighted by Crippen LogP contribution is -2.40. The molecule has 1 aromatic rings. The van der Waals surface area contributed by atoms with E-state index >= 15 is 0 Å². The Balaban J connectivity index is 2.55. The monoisotopic (exact) mass is 307 g/mol. The zero-order valence-electron chi connectivity index (χ0n) is 13.0. The Hall–Kier alpha value is -2.37. The number of carbonyl (C=O) groups is 3. The van der Waals surface area contributed by atoms with Crippen LogP contribution >= 0.6 is 0 Å². The van der Waals surface area contributed by atoms with Gasteiger partial charge in [-0.1, -0.05) is 0 Å². The third kappa shape index (κ3) is 4.87. The van der Waals surface area contributed by atoms with E-state index in [4.69, 9.17) is 9.84 Å². The summed E-state index contributed by atoms with van der Waals surface area (Å²) in [6, 6.07) is 5.81. The molecule has 22 heavy (non-hydrogen) atoms. The van der Waals surface area contributed by atoms with Gasteiger partial charge in [-0.05, 0) is 38.1 Å². The molecule has 0 radical (unpaired) electrons. The maximum Gasteiger partial charge on any atom is 0.326 e. The highest BCUT2D eigenvalue weighted by Gasteiger charge is 2.22. The number of hydrogen-bond acceptors (Lipinski definition) is 4. The van der Waals surface area contributed by atoms with Crippen LogP contribution in [0.3, 0.4) is 0 Å². The minimum absolute atomic E-state index is 0.0137. The molecule has 0 aliphatic heterocycles. The van der Waals surface area contributed by atoms with Crippen LogP contribution in [0.25, 0.3) is 0 Å². The lowest BCUT2D eigenvalue weighted by Gasteiger charge is -2.21. The summed E-state index contributed by atoms with van der Waals surface area (Å²) in [4.78, 5) is 35.8. The molecule has 1 aromatic carbocycles. The van der Waals surface area contributed by atoms with Gasteiger partial charge in [0.25, 0.3) is 0 Å². The fourth-order valence-corrected chi connectivity index (χ4v) is 1.83. The Morgan fingerprint density at radius 3 is 2.27 bits per heavy atom. The minimum Gasteiger partial charge on any atom is -0.494 e. The molecule has 0 aromatic heterocycles. The number of hydrogen-bond donors (Lipinski definition) is 1. The maximum absolute atomic E-state index is 12.0. The molecule has 1 amide bonds. The van der Waals surface area contributed by atoms with Crippen molar-refractivity contribution < 1.29 is 24.2 Å². The Kier molecular flexibility index (Phi) is 6.56. The highest BCUT2D eigenvalue weighted by atomic mass is 16.5. The number of ketones is 1. The molecule has 6 nitrogen and oxygen atoms in total. The van der Waals surface area contributed by atoms with Crippen molar-refractivity contribution in [2.75, 3.05) is 13.7 Å². The van der Waals surface area contributed by atoms with Gasteiger partial charge in [0.15, 0.2) is 5.78 Å². The average molecular weight is 307 g/mol. The number of likely N-dealkylation sites (N-methyl/N-ethyl adjacent to an activating group) is 1. The second-order valence-electron chi connectivity index (χ2n) is 4.90. The molecule has 120 valence electrons. The third-order valence-electron chi connectivity index (χ3n) is 3.38. The fourth-order valence-electron chi connectivity index (χ4n) is 1.83. The average Bonchev–Trinajstić information content (AvgIpc) is 2.51. The summed E-state index contributed by atoms with van der Waals surface area (Å²) in [5.74, 6) is -0.916. The van der Waals surface area contributed by atoms with E-state index in [-0.39, 0.29) is 24.5 Å².